The molecule has 3 rings (SSSR count). The van der Waals surface area contributed by atoms with Crippen LogP contribution < -0.4 is 20.9 Å². The Labute approximate surface area is 166 Å². The van der Waals surface area contributed by atoms with E-state index in [-0.39, 0.29) is 18.4 Å². The molecule has 0 saturated carbocycles. The molecule has 148 valence electrons. The Hall–Kier alpha value is -3.02. The van der Waals surface area contributed by atoms with Gasteiger partial charge >= 0.3 is 0 Å². The molecule has 0 atom stereocenters. The highest BCUT2D eigenvalue weighted by atomic mass is 16.2. The lowest BCUT2D eigenvalue weighted by Gasteiger charge is -2.32. The number of carbonyl (C=O) groups is 2. The highest BCUT2D eigenvalue weighted by molar-refractivity contribution is 5.95. The van der Waals surface area contributed by atoms with Crippen molar-refractivity contribution in [2.24, 2.45) is 5.92 Å². The average Bonchev–Trinajstić information content (AvgIpc) is 2.67. The Morgan fingerprint density at radius 1 is 0.964 bits per heavy atom. The molecular weight excluding hydrogens is 352 g/mol. The first kappa shape index (κ1) is 19.7. The Kier molecular flexibility index (Phi) is 6.53. The van der Waals surface area contributed by atoms with Crippen LogP contribution in [0, 0.1) is 5.92 Å². The summed E-state index contributed by atoms with van der Waals surface area (Å²) in [7, 11) is 0. The van der Waals surface area contributed by atoms with Gasteiger partial charge in [-0.15, -0.1) is 0 Å². The summed E-state index contributed by atoms with van der Waals surface area (Å²) in [6.07, 6.45) is 2.48. The minimum Gasteiger partial charge on any atom is -0.376 e. The largest absolute Gasteiger partial charge is 0.376 e. The molecule has 1 heterocycles. The molecule has 3 N–H and O–H groups in total. The van der Waals surface area contributed by atoms with Crippen molar-refractivity contribution in [1.29, 1.82) is 0 Å². The first-order valence-corrected chi connectivity index (χ1v) is 9.76. The van der Waals surface area contributed by atoms with Crippen LogP contribution in [0.25, 0.3) is 0 Å². The van der Waals surface area contributed by atoms with Crippen molar-refractivity contribution in [2.75, 3.05) is 40.5 Å². The van der Waals surface area contributed by atoms with E-state index in [2.05, 4.69) is 39.9 Å². The van der Waals surface area contributed by atoms with Gasteiger partial charge < -0.3 is 20.9 Å². The standard InChI is InChI=1S/C22H28N4O2/c1-16-10-12-26(13-11-16)21-8-6-18(7-9-21)23-15-22(28)25-20-5-3-4-19(14-20)24-17(2)27/h3-9,14,16,23H,10-13,15H2,1-2H3,(H,24,27)(H,25,28). The lowest BCUT2D eigenvalue weighted by atomic mass is 9.99. The Bertz CT molecular complexity index is 812. The van der Waals surface area contributed by atoms with E-state index in [1.165, 1.54) is 25.5 Å². The number of benzene rings is 2. The maximum Gasteiger partial charge on any atom is 0.243 e. The third-order valence-electron chi connectivity index (χ3n) is 4.94. The highest BCUT2D eigenvalue weighted by Crippen LogP contribution is 2.24. The second-order valence-corrected chi connectivity index (χ2v) is 7.38. The summed E-state index contributed by atoms with van der Waals surface area (Å²) >= 11 is 0. The van der Waals surface area contributed by atoms with Crippen LogP contribution in [0.3, 0.4) is 0 Å². The van der Waals surface area contributed by atoms with E-state index >= 15 is 0 Å². The summed E-state index contributed by atoms with van der Waals surface area (Å²) in [4.78, 5) is 25.7. The van der Waals surface area contributed by atoms with Gasteiger partial charge in [0.05, 0.1) is 6.54 Å². The number of nitrogens with zero attached hydrogens (tertiary/aromatic N) is 1. The van der Waals surface area contributed by atoms with Gasteiger partial charge in [-0.25, -0.2) is 0 Å². The molecule has 1 aliphatic rings. The van der Waals surface area contributed by atoms with Crippen LogP contribution in [-0.2, 0) is 9.59 Å². The average molecular weight is 380 g/mol. The van der Waals surface area contributed by atoms with E-state index < -0.39 is 0 Å². The summed E-state index contributed by atoms with van der Waals surface area (Å²) in [5, 5.41) is 8.68. The molecule has 2 amide bonds. The molecule has 1 aliphatic heterocycles. The lowest BCUT2D eigenvalue weighted by molar-refractivity contribution is -0.115. The van der Waals surface area contributed by atoms with Crippen molar-refractivity contribution >= 4 is 34.6 Å². The summed E-state index contributed by atoms with van der Waals surface area (Å²) in [5.41, 5.74) is 3.45. The molecule has 2 aromatic rings. The number of anilines is 4. The molecule has 1 fully saturated rings. The summed E-state index contributed by atoms with van der Waals surface area (Å²) in [5.74, 6) is 0.524. The maximum absolute atomic E-state index is 12.2. The lowest BCUT2D eigenvalue weighted by Crippen LogP contribution is -2.32. The smallest absolute Gasteiger partial charge is 0.243 e. The zero-order valence-electron chi connectivity index (χ0n) is 16.5. The van der Waals surface area contributed by atoms with Crippen molar-refractivity contribution in [3.8, 4) is 0 Å². The van der Waals surface area contributed by atoms with Gasteiger partial charge in [0.15, 0.2) is 0 Å². The predicted octanol–water partition coefficient (Wildman–Crippen LogP) is 3.93. The van der Waals surface area contributed by atoms with Crippen molar-refractivity contribution in [3.05, 3.63) is 48.5 Å². The fourth-order valence-corrected chi connectivity index (χ4v) is 3.32. The molecule has 0 unspecified atom stereocenters. The van der Waals surface area contributed by atoms with Crippen molar-refractivity contribution in [1.82, 2.24) is 0 Å². The zero-order chi connectivity index (χ0) is 19.9. The van der Waals surface area contributed by atoms with Crippen LogP contribution in [0.1, 0.15) is 26.7 Å². The molecule has 6 heteroatoms. The zero-order valence-corrected chi connectivity index (χ0v) is 16.5. The van der Waals surface area contributed by atoms with Gasteiger partial charge in [-0.1, -0.05) is 13.0 Å². The van der Waals surface area contributed by atoms with Gasteiger partial charge in [0.25, 0.3) is 0 Å². The van der Waals surface area contributed by atoms with Gasteiger partial charge in [0.2, 0.25) is 11.8 Å². The van der Waals surface area contributed by atoms with Gasteiger partial charge in [0.1, 0.15) is 0 Å². The van der Waals surface area contributed by atoms with E-state index in [1.54, 1.807) is 24.3 Å². The van der Waals surface area contributed by atoms with Crippen LogP contribution in [0.4, 0.5) is 22.7 Å². The van der Waals surface area contributed by atoms with Crippen LogP contribution in [0.2, 0.25) is 0 Å². The summed E-state index contributed by atoms with van der Waals surface area (Å²) in [6, 6.07) is 15.3. The van der Waals surface area contributed by atoms with Gasteiger partial charge in [0, 0.05) is 42.8 Å². The monoisotopic (exact) mass is 380 g/mol. The molecule has 0 aliphatic carbocycles. The Balaban J connectivity index is 1.48. The third-order valence-corrected chi connectivity index (χ3v) is 4.94. The molecule has 0 spiro atoms. The first-order valence-electron chi connectivity index (χ1n) is 9.76. The normalized spacial score (nSPS) is 14.4. The van der Waals surface area contributed by atoms with Crippen molar-refractivity contribution in [3.63, 3.8) is 0 Å². The molecule has 6 nitrogen and oxygen atoms in total. The van der Waals surface area contributed by atoms with Gasteiger partial charge in [-0.05, 0) is 61.2 Å². The van der Waals surface area contributed by atoms with E-state index in [0.717, 1.165) is 24.7 Å². The molecule has 28 heavy (non-hydrogen) atoms. The minimum absolute atomic E-state index is 0.144. The molecule has 1 saturated heterocycles. The number of hydrogen-bond donors (Lipinski definition) is 3. The molecule has 0 radical (unpaired) electrons. The highest BCUT2D eigenvalue weighted by Gasteiger charge is 2.15. The van der Waals surface area contributed by atoms with Crippen LogP contribution in [0.15, 0.2) is 48.5 Å². The van der Waals surface area contributed by atoms with E-state index in [4.69, 9.17) is 0 Å². The molecule has 0 bridgehead atoms. The second kappa shape index (κ2) is 9.26. The van der Waals surface area contributed by atoms with Gasteiger partial charge in [-0.2, -0.15) is 0 Å². The number of amides is 2. The Morgan fingerprint density at radius 2 is 1.61 bits per heavy atom. The maximum atomic E-state index is 12.2. The fraction of sp³-hybridized carbons (Fsp3) is 0.364. The topological polar surface area (TPSA) is 73.5 Å². The second-order valence-electron chi connectivity index (χ2n) is 7.38. The Morgan fingerprint density at radius 3 is 2.25 bits per heavy atom. The number of carbonyl (C=O) groups excluding carboxylic acids is 2. The minimum atomic E-state index is -0.146. The van der Waals surface area contributed by atoms with Crippen LogP contribution >= 0.6 is 0 Å². The van der Waals surface area contributed by atoms with Crippen molar-refractivity contribution in [2.45, 2.75) is 26.7 Å². The predicted molar refractivity (Wildman–Crippen MR) is 115 cm³/mol. The third kappa shape index (κ3) is 5.74. The van der Waals surface area contributed by atoms with Crippen molar-refractivity contribution < 1.29 is 9.59 Å². The number of nitrogens with one attached hydrogen (secondary N) is 3. The molecule has 0 aromatic heterocycles. The number of rotatable bonds is 6. The molecular formula is C22H28N4O2. The quantitative estimate of drug-likeness (QED) is 0.710. The summed E-state index contributed by atoms with van der Waals surface area (Å²) in [6.45, 7) is 6.14. The number of hydrogen-bond acceptors (Lipinski definition) is 4. The van der Waals surface area contributed by atoms with E-state index in [0.29, 0.717) is 11.4 Å². The summed E-state index contributed by atoms with van der Waals surface area (Å²) < 4.78 is 0. The van der Waals surface area contributed by atoms with E-state index in [1.807, 2.05) is 12.1 Å². The fourth-order valence-electron chi connectivity index (χ4n) is 3.32. The van der Waals surface area contributed by atoms with Crippen LogP contribution in [-0.4, -0.2) is 31.4 Å². The van der Waals surface area contributed by atoms with Gasteiger partial charge in [-0.3, -0.25) is 9.59 Å². The molecule has 2 aromatic carbocycles. The SMILES string of the molecule is CC(=O)Nc1cccc(NC(=O)CNc2ccc(N3CCC(C)CC3)cc2)c1. The first-order chi connectivity index (χ1) is 13.5. The van der Waals surface area contributed by atoms with Crippen LogP contribution in [0.5, 0.6) is 0 Å². The number of piperidine rings is 1. The van der Waals surface area contributed by atoms with E-state index in [9.17, 15) is 9.59 Å².